The average molecular weight is 204 g/mol. The van der Waals surface area contributed by atoms with Crippen LogP contribution in [0.2, 0.25) is 0 Å². The summed E-state index contributed by atoms with van der Waals surface area (Å²) in [6.07, 6.45) is 0. The van der Waals surface area contributed by atoms with Gasteiger partial charge in [0.15, 0.2) is 11.5 Å². The number of hydrogen-bond acceptors (Lipinski definition) is 2. The van der Waals surface area contributed by atoms with Crippen molar-refractivity contribution >= 4 is 11.0 Å². The summed E-state index contributed by atoms with van der Waals surface area (Å²) < 4.78 is 11.3. The minimum Gasteiger partial charge on any atom is -0.492 e. The summed E-state index contributed by atoms with van der Waals surface area (Å²) in [5.74, 6) is 1.77. The Hall–Kier alpha value is -1.44. The molecule has 0 radical (unpaired) electrons. The SMILES string of the molecule is COc1c(C(C)(C)C)oc2ccccc12. The van der Waals surface area contributed by atoms with Crippen LogP contribution in [0.4, 0.5) is 0 Å². The van der Waals surface area contributed by atoms with Crippen LogP contribution >= 0.6 is 0 Å². The molecule has 2 nitrogen and oxygen atoms in total. The zero-order valence-electron chi connectivity index (χ0n) is 9.63. The van der Waals surface area contributed by atoms with Crippen molar-refractivity contribution in [2.24, 2.45) is 0 Å². The van der Waals surface area contributed by atoms with Crippen molar-refractivity contribution in [2.45, 2.75) is 26.2 Å². The van der Waals surface area contributed by atoms with E-state index in [4.69, 9.17) is 9.15 Å². The van der Waals surface area contributed by atoms with Crippen molar-refractivity contribution in [3.8, 4) is 5.75 Å². The van der Waals surface area contributed by atoms with E-state index >= 15 is 0 Å². The first-order valence-electron chi connectivity index (χ1n) is 5.10. The van der Waals surface area contributed by atoms with E-state index in [0.29, 0.717) is 0 Å². The van der Waals surface area contributed by atoms with Crippen LogP contribution in [0.25, 0.3) is 11.0 Å². The average Bonchev–Trinajstić information content (AvgIpc) is 2.55. The van der Waals surface area contributed by atoms with Crippen molar-refractivity contribution in [1.82, 2.24) is 0 Å². The lowest BCUT2D eigenvalue weighted by atomic mass is 9.92. The molecule has 0 saturated carbocycles. The lowest BCUT2D eigenvalue weighted by molar-refractivity contribution is 0.360. The van der Waals surface area contributed by atoms with E-state index in [0.717, 1.165) is 22.5 Å². The van der Waals surface area contributed by atoms with E-state index in [-0.39, 0.29) is 5.41 Å². The van der Waals surface area contributed by atoms with Crippen LogP contribution < -0.4 is 4.74 Å². The molecule has 0 aliphatic rings. The van der Waals surface area contributed by atoms with Crippen LogP contribution in [-0.4, -0.2) is 7.11 Å². The normalized spacial score (nSPS) is 12.0. The van der Waals surface area contributed by atoms with Crippen molar-refractivity contribution in [1.29, 1.82) is 0 Å². The first-order chi connectivity index (χ1) is 7.04. The Labute approximate surface area is 89.8 Å². The number of para-hydroxylation sites is 1. The maximum absolute atomic E-state index is 5.83. The highest BCUT2D eigenvalue weighted by atomic mass is 16.5. The highest BCUT2D eigenvalue weighted by Gasteiger charge is 2.25. The second-order valence-electron chi connectivity index (χ2n) is 4.71. The summed E-state index contributed by atoms with van der Waals surface area (Å²) in [4.78, 5) is 0. The molecule has 2 aromatic rings. The molecule has 80 valence electrons. The molecule has 0 aliphatic carbocycles. The number of furan rings is 1. The van der Waals surface area contributed by atoms with Gasteiger partial charge in [0.1, 0.15) is 5.58 Å². The van der Waals surface area contributed by atoms with Crippen LogP contribution in [0.15, 0.2) is 28.7 Å². The van der Waals surface area contributed by atoms with Crippen molar-refractivity contribution in [3.05, 3.63) is 30.0 Å². The highest BCUT2D eigenvalue weighted by molar-refractivity contribution is 5.85. The van der Waals surface area contributed by atoms with Crippen LogP contribution in [-0.2, 0) is 5.41 Å². The fraction of sp³-hybridized carbons (Fsp3) is 0.385. The standard InChI is InChI=1S/C13H16O2/c1-13(2,3)12-11(14-4)9-7-5-6-8-10(9)15-12/h5-8H,1-4H3. The van der Waals surface area contributed by atoms with Gasteiger partial charge in [0.05, 0.1) is 12.5 Å². The van der Waals surface area contributed by atoms with Crippen LogP contribution in [0.3, 0.4) is 0 Å². The summed E-state index contributed by atoms with van der Waals surface area (Å²) in [6.45, 7) is 6.35. The molecule has 0 bridgehead atoms. The van der Waals surface area contributed by atoms with Gasteiger partial charge in [0.2, 0.25) is 0 Å². The smallest absolute Gasteiger partial charge is 0.168 e. The molecule has 1 aromatic carbocycles. The molecular weight excluding hydrogens is 188 g/mol. The third-order valence-electron chi connectivity index (χ3n) is 2.44. The Kier molecular flexibility index (Phi) is 2.22. The zero-order valence-corrected chi connectivity index (χ0v) is 9.63. The molecule has 0 N–H and O–H groups in total. The first-order valence-corrected chi connectivity index (χ1v) is 5.10. The predicted molar refractivity (Wildman–Crippen MR) is 61.5 cm³/mol. The van der Waals surface area contributed by atoms with Gasteiger partial charge in [0, 0.05) is 5.41 Å². The van der Waals surface area contributed by atoms with Crippen molar-refractivity contribution in [3.63, 3.8) is 0 Å². The summed E-state index contributed by atoms with van der Waals surface area (Å²) >= 11 is 0. The van der Waals surface area contributed by atoms with Gasteiger partial charge in [-0.3, -0.25) is 0 Å². The molecule has 1 aromatic heterocycles. The third-order valence-corrected chi connectivity index (χ3v) is 2.44. The Bertz CT molecular complexity index is 475. The number of fused-ring (bicyclic) bond motifs is 1. The number of rotatable bonds is 1. The van der Waals surface area contributed by atoms with Gasteiger partial charge in [0.25, 0.3) is 0 Å². The van der Waals surface area contributed by atoms with E-state index in [9.17, 15) is 0 Å². The topological polar surface area (TPSA) is 22.4 Å². The van der Waals surface area contributed by atoms with E-state index in [1.807, 2.05) is 24.3 Å². The zero-order chi connectivity index (χ0) is 11.1. The monoisotopic (exact) mass is 204 g/mol. The minimum atomic E-state index is -0.0373. The van der Waals surface area contributed by atoms with Gasteiger partial charge in [-0.2, -0.15) is 0 Å². The number of hydrogen-bond donors (Lipinski definition) is 0. The summed E-state index contributed by atoms with van der Waals surface area (Å²) in [6, 6.07) is 7.95. The van der Waals surface area contributed by atoms with Gasteiger partial charge in [-0.05, 0) is 12.1 Å². The van der Waals surface area contributed by atoms with Gasteiger partial charge in [-0.15, -0.1) is 0 Å². The van der Waals surface area contributed by atoms with Gasteiger partial charge < -0.3 is 9.15 Å². The fourth-order valence-corrected chi connectivity index (χ4v) is 1.72. The molecule has 1 heterocycles. The Morgan fingerprint density at radius 1 is 1.13 bits per heavy atom. The molecule has 0 unspecified atom stereocenters. The predicted octanol–water partition coefficient (Wildman–Crippen LogP) is 3.74. The summed E-state index contributed by atoms with van der Waals surface area (Å²) in [7, 11) is 1.69. The summed E-state index contributed by atoms with van der Waals surface area (Å²) in [5, 5.41) is 1.05. The van der Waals surface area contributed by atoms with Crippen molar-refractivity contribution in [2.75, 3.05) is 7.11 Å². The molecule has 2 heteroatoms. The maximum atomic E-state index is 5.83. The van der Waals surface area contributed by atoms with Crippen LogP contribution in [0.1, 0.15) is 26.5 Å². The van der Waals surface area contributed by atoms with E-state index in [1.165, 1.54) is 0 Å². The quantitative estimate of drug-likeness (QED) is 0.706. The highest BCUT2D eigenvalue weighted by Crippen LogP contribution is 2.39. The Morgan fingerprint density at radius 2 is 1.80 bits per heavy atom. The maximum Gasteiger partial charge on any atom is 0.168 e. The number of benzene rings is 1. The molecule has 2 rings (SSSR count). The van der Waals surface area contributed by atoms with Crippen LogP contribution in [0.5, 0.6) is 5.75 Å². The Balaban J connectivity index is 2.75. The van der Waals surface area contributed by atoms with Crippen molar-refractivity contribution < 1.29 is 9.15 Å². The van der Waals surface area contributed by atoms with Gasteiger partial charge >= 0.3 is 0 Å². The molecule has 0 fully saturated rings. The van der Waals surface area contributed by atoms with E-state index in [2.05, 4.69) is 20.8 Å². The lowest BCUT2D eigenvalue weighted by Gasteiger charge is -2.16. The molecule has 0 saturated heterocycles. The van der Waals surface area contributed by atoms with E-state index < -0.39 is 0 Å². The number of ether oxygens (including phenoxy) is 1. The fourth-order valence-electron chi connectivity index (χ4n) is 1.72. The summed E-state index contributed by atoms with van der Waals surface area (Å²) in [5.41, 5.74) is 0.851. The second kappa shape index (κ2) is 3.30. The van der Waals surface area contributed by atoms with Gasteiger partial charge in [-0.1, -0.05) is 32.9 Å². The first kappa shape index (κ1) is 10.1. The third kappa shape index (κ3) is 1.60. The minimum absolute atomic E-state index is 0.0373. The second-order valence-corrected chi connectivity index (χ2v) is 4.71. The molecule has 0 aliphatic heterocycles. The molecule has 0 atom stereocenters. The molecule has 0 spiro atoms. The van der Waals surface area contributed by atoms with E-state index in [1.54, 1.807) is 7.11 Å². The largest absolute Gasteiger partial charge is 0.492 e. The molecular formula is C13H16O2. The number of methoxy groups -OCH3 is 1. The molecule has 15 heavy (non-hydrogen) atoms. The van der Waals surface area contributed by atoms with Gasteiger partial charge in [-0.25, -0.2) is 0 Å². The molecule has 0 amide bonds. The Morgan fingerprint density at radius 3 is 2.40 bits per heavy atom. The van der Waals surface area contributed by atoms with Crippen LogP contribution in [0, 0.1) is 0 Å². The lowest BCUT2D eigenvalue weighted by Crippen LogP contribution is -2.10.